The van der Waals surface area contributed by atoms with Crippen LogP contribution in [0.2, 0.25) is 0 Å². The number of rotatable bonds is 4. The Balaban J connectivity index is 1.57. The van der Waals surface area contributed by atoms with Gasteiger partial charge in [-0.15, -0.1) is 0 Å². The quantitative estimate of drug-likeness (QED) is 0.798. The van der Waals surface area contributed by atoms with E-state index in [-0.39, 0.29) is 11.9 Å². The second-order valence-electron chi connectivity index (χ2n) is 4.94. The molecule has 20 heavy (non-hydrogen) atoms. The van der Waals surface area contributed by atoms with Crippen molar-refractivity contribution in [2.75, 3.05) is 6.61 Å². The topological polar surface area (TPSA) is 35.5 Å². The van der Waals surface area contributed by atoms with Crippen molar-refractivity contribution in [1.82, 2.24) is 0 Å². The number of para-hydroxylation sites is 1. The Bertz CT molecular complexity index is 591. The van der Waals surface area contributed by atoms with Crippen LogP contribution < -0.4 is 9.47 Å². The van der Waals surface area contributed by atoms with Crippen molar-refractivity contribution in [3.8, 4) is 11.5 Å². The number of hydrogen-bond acceptors (Lipinski definition) is 3. The van der Waals surface area contributed by atoms with Crippen LogP contribution in [0.3, 0.4) is 0 Å². The molecule has 0 radical (unpaired) electrons. The molecule has 3 rings (SSSR count). The molecule has 0 saturated heterocycles. The van der Waals surface area contributed by atoms with Crippen molar-refractivity contribution in [2.45, 2.75) is 19.4 Å². The molecule has 0 aromatic heterocycles. The van der Waals surface area contributed by atoms with Crippen LogP contribution in [-0.2, 0) is 6.42 Å². The summed E-state index contributed by atoms with van der Waals surface area (Å²) in [5.74, 6) is 1.77. The maximum Gasteiger partial charge on any atom is 0.159 e. The predicted molar refractivity (Wildman–Crippen MR) is 76.5 cm³/mol. The molecule has 3 heteroatoms. The molecule has 1 heterocycles. The lowest BCUT2D eigenvalue weighted by Crippen LogP contribution is -2.22. The highest BCUT2D eigenvalue weighted by Gasteiger charge is 2.22. The van der Waals surface area contributed by atoms with Crippen molar-refractivity contribution < 1.29 is 14.3 Å². The number of Topliss-reactive ketones (excluding diaryl/α,β-unsaturated/α-hetero) is 1. The second kappa shape index (κ2) is 5.37. The lowest BCUT2D eigenvalue weighted by atomic mass is 10.1. The molecule has 0 spiro atoms. The van der Waals surface area contributed by atoms with Gasteiger partial charge in [0, 0.05) is 12.0 Å². The van der Waals surface area contributed by atoms with Gasteiger partial charge in [-0.2, -0.15) is 0 Å². The zero-order valence-electron chi connectivity index (χ0n) is 11.3. The van der Waals surface area contributed by atoms with Gasteiger partial charge < -0.3 is 9.47 Å². The third-order valence-corrected chi connectivity index (χ3v) is 3.41. The molecule has 0 fully saturated rings. The van der Waals surface area contributed by atoms with E-state index in [1.807, 2.05) is 30.3 Å². The van der Waals surface area contributed by atoms with Crippen LogP contribution in [-0.4, -0.2) is 18.5 Å². The smallest absolute Gasteiger partial charge is 0.159 e. The van der Waals surface area contributed by atoms with E-state index in [0.29, 0.717) is 12.2 Å². The van der Waals surface area contributed by atoms with Crippen LogP contribution in [0.1, 0.15) is 22.8 Å². The van der Waals surface area contributed by atoms with E-state index in [9.17, 15) is 4.79 Å². The maximum atomic E-state index is 11.2. The van der Waals surface area contributed by atoms with Gasteiger partial charge in [-0.25, -0.2) is 0 Å². The van der Waals surface area contributed by atoms with E-state index in [2.05, 4.69) is 6.07 Å². The standard InChI is InChI=1S/C17H16O3/c1-12(18)13-6-8-15(9-7-13)19-11-16-10-14-4-2-3-5-17(14)20-16/h2-9,16H,10-11H2,1H3. The summed E-state index contributed by atoms with van der Waals surface area (Å²) in [5.41, 5.74) is 1.93. The predicted octanol–water partition coefficient (Wildman–Crippen LogP) is 3.27. The highest BCUT2D eigenvalue weighted by Crippen LogP contribution is 2.28. The zero-order chi connectivity index (χ0) is 13.9. The molecule has 1 aliphatic rings. The molecule has 1 atom stereocenters. The van der Waals surface area contributed by atoms with Crippen molar-refractivity contribution in [3.05, 3.63) is 59.7 Å². The van der Waals surface area contributed by atoms with Crippen molar-refractivity contribution in [1.29, 1.82) is 0 Å². The van der Waals surface area contributed by atoms with Gasteiger partial charge in [0.25, 0.3) is 0 Å². The SMILES string of the molecule is CC(=O)c1ccc(OCC2Cc3ccccc3O2)cc1. The van der Waals surface area contributed by atoms with Gasteiger partial charge in [-0.3, -0.25) is 4.79 Å². The fourth-order valence-electron chi connectivity index (χ4n) is 2.32. The molecule has 0 bridgehead atoms. The monoisotopic (exact) mass is 268 g/mol. The lowest BCUT2D eigenvalue weighted by Gasteiger charge is -2.12. The number of ether oxygens (including phenoxy) is 2. The number of carbonyl (C=O) groups excluding carboxylic acids is 1. The molecule has 102 valence electrons. The fraction of sp³-hybridized carbons (Fsp3) is 0.235. The van der Waals surface area contributed by atoms with Crippen LogP contribution in [0.5, 0.6) is 11.5 Å². The first-order chi connectivity index (χ1) is 9.72. The Labute approximate surface area is 118 Å². The molecule has 2 aromatic rings. The molecule has 0 saturated carbocycles. The molecule has 1 aliphatic heterocycles. The first-order valence-corrected chi connectivity index (χ1v) is 6.71. The Kier molecular flexibility index (Phi) is 3.42. The minimum Gasteiger partial charge on any atom is -0.490 e. The van der Waals surface area contributed by atoms with Gasteiger partial charge in [0.2, 0.25) is 0 Å². The van der Waals surface area contributed by atoms with Crippen molar-refractivity contribution in [2.24, 2.45) is 0 Å². The number of fused-ring (bicyclic) bond motifs is 1. The third kappa shape index (κ3) is 2.67. The lowest BCUT2D eigenvalue weighted by molar-refractivity contribution is 0.101. The van der Waals surface area contributed by atoms with E-state index in [4.69, 9.17) is 9.47 Å². The third-order valence-electron chi connectivity index (χ3n) is 3.41. The minimum absolute atomic E-state index is 0.0554. The van der Waals surface area contributed by atoms with Gasteiger partial charge in [-0.05, 0) is 42.8 Å². The summed E-state index contributed by atoms with van der Waals surface area (Å²) in [7, 11) is 0. The first kappa shape index (κ1) is 12.7. The summed E-state index contributed by atoms with van der Waals surface area (Å²) < 4.78 is 11.5. The molecule has 0 amide bonds. The summed E-state index contributed by atoms with van der Waals surface area (Å²) in [6, 6.07) is 15.3. The minimum atomic E-state index is 0.0554. The van der Waals surface area contributed by atoms with Gasteiger partial charge in [0.1, 0.15) is 24.2 Å². The zero-order valence-corrected chi connectivity index (χ0v) is 11.3. The van der Waals surface area contributed by atoms with Crippen molar-refractivity contribution in [3.63, 3.8) is 0 Å². The Hall–Kier alpha value is -2.29. The first-order valence-electron chi connectivity index (χ1n) is 6.71. The van der Waals surface area contributed by atoms with Crippen LogP contribution in [0, 0.1) is 0 Å². The van der Waals surface area contributed by atoms with Gasteiger partial charge in [0.05, 0.1) is 0 Å². The van der Waals surface area contributed by atoms with E-state index in [1.54, 1.807) is 19.1 Å². The average Bonchev–Trinajstić information content (AvgIpc) is 2.88. The van der Waals surface area contributed by atoms with Crippen LogP contribution in [0.15, 0.2) is 48.5 Å². The van der Waals surface area contributed by atoms with Gasteiger partial charge in [0.15, 0.2) is 5.78 Å². The average molecular weight is 268 g/mol. The molecular weight excluding hydrogens is 252 g/mol. The van der Waals surface area contributed by atoms with Crippen LogP contribution in [0.4, 0.5) is 0 Å². The van der Waals surface area contributed by atoms with E-state index >= 15 is 0 Å². The Morgan fingerprint density at radius 3 is 2.65 bits per heavy atom. The molecule has 3 nitrogen and oxygen atoms in total. The van der Waals surface area contributed by atoms with E-state index in [1.165, 1.54) is 5.56 Å². The van der Waals surface area contributed by atoms with Crippen LogP contribution >= 0.6 is 0 Å². The normalized spacial score (nSPS) is 16.4. The Morgan fingerprint density at radius 1 is 1.20 bits per heavy atom. The second-order valence-corrected chi connectivity index (χ2v) is 4.94. The molecule has 0 N–H and O–H groups in total. The summed E-state index contributed by atoms with van der Waals surface area (Å²) in [6.07, 6.45) is 0.932. The van der Waals surface area contributed by atoms with Crippen molar-refractivity contribution >= 4 is 5.78 Å². The number of hydrogen-bond donors (Lipinski definition) is 0. The number of ketones is 1. The maximum absolute atomic E-state index is 11.2. The summed E-state index contributed by atoms with van der Waals surface area (Å²) >= 11 is 0. The molecular formula is C17H16O3. The Morgan fingerprint density at radius 2 is 1.95 bits per heavy atom. The van der Waals surface area contributed by atoms with Gasteiger partial charge in [-0.1, -0.05) is 18.2 Å². The molecule has 2 aromatic carbocycles. The molecule has 1 unspecified atom stereocenters. The molecule has 0 aliphatic carbocycles. The number of benzene rings is 2. The van der Waals surface area contributed by atoms with Crippen LogP contribution in [0.25, 0.3) is 0 Å². The largest absolute Gasteiger partial charge is 0.490 e. The van der Waals surface area contributed by atoms with Gasteiger partial charge >= 0.3 is 0 Å². The summed E-state index contributed by atoms with van der Waals surface area (Å²) in [4.78, 5) is 11.2. The fourth-order valence-corrected chi connectivity index (χ4v) is 2.32. The van der Waals surface area contributed by atoms with E-state index < -0.39 is 0 Å². The summed E-state index contributed by atoms with van der Waals surface area (Å²) in [5, 5.41) is 0. The highest BCUT2D eigenvalue weighted by molar-refractivity contribution is 5.94. The number of carbonyl (C=O) groups is 1. The van der Waals surface area contributed by atoms with E-state index in [0.717, 1.165) is 17.9 Å². The summed E-state index contributed by atoms with van der Waals surface area (Å²) in [6.45, 7) is 2.06. The highest BCUT2D eigenvalue weighted by atomic mass is 16.5.